The lowest BCUT2D eigenvalue weighted by Crippen LogP contribution is -2.10. The number of hydrogen-bond donors (Lipinski definition) is 0. The van der Waals surface area contributed by atoms with Gasteiger partial charge in [-0.2, -0.15) is 0 Å². The van der Waals surface area contributed by atoms with Crippen LogP contribution in [0.5, 0.6) is 0 Å². The zero-order chi connectivity index (χ0) is 26.5. The summed E-state index contributed by atoms with van der Waals surface area (Å²) < 4.78 is 6.22. The summed E-state index contributed by atoms with van der Waals surface area (Å²) in [6.45, 7) is 0. The van der Waals surface area contributed by atoms with E-state index in [1.54, 1.807) is 6.20 Å². The van der Waals surface area contributed by atoms with Gasteiger partial charge < -0.3 is 9.32 Å². The van der Waals surface area contributed by atoms with Crippen LogP contribution < -0.4 is 4.90 Å². The van der Waals surface area contributed by atoms with Gasteiger partial charge in [-0.25, -0.2) is 0 Å². The SMILES string of the molecule is c1ccc(-c2ccc(N(c3ccc4c(ccc5ccccc54)c3)c3cccc4oc5cnccc5c34)cc2)cc1. The Bertz CT molecular complexity index is 2160. The summed E-state index contributed by atoms with van der Waals surface area (Å²) in [6.07, 6.45) is 3.62. The molecular formula is C37H24N2O. The molecule has 0 aliphatic rings. The number of fused-ring (bicyclic) bond motifs is 6. The van der Waals surface area contributed by atoms with Gasteiger partial charge >= 0.3 is 0 Å². The Morgan fingerprint density at radius 3 is 2.15 bits per heavy atom. The molecule has 6 aromatic carbocycles. The highest BCUT2D eigenvalue weighted by Crippen LogP contribution is 2.43. The largest absolute Gasteiger partial charge is 0.454 e. The van der Waals surface area contributed by atoms with Gasteiger partial charge in [-0.1, -0.05) is 91.0 Å². The monoisotopic (exact) mass is 512 g/mol. The van der Waals surface area contributed by atoms with E-state index in [1.165, 1.54) is 32.7 Å². The van der Waals surface area contributed by atoms with Crippen molar-refractivity contribution in [2.75, 3.05) is 4.90 Å². The average molecular weight is 513 g/mol. The molecule has 3 nitrogen and oxygen atoms in total. The van der Waals surface area contributed by atoms with Crippen LogP contribution in [0.1, 0.15) is 0 Å². The van der Waals surface area contributed by atoms with Gasteiger partial charge in [0, 0.05) is 23.0 Å². The second kappa shape index (κ2) is 9.11. The van der Waals surface area contributed by atoms with Gasteiger partial charge in [0.15, 0.2) is 5.58 Å². The van der Waals surface area contributed by atoms with Crippen LogP contribution in [0.15, 0.2) is 150 Å². The molecule has 0 spiro atoms. The first-order chi connectivity index (χ1) is 19.8. The smallest absolute Gasteiger partial charge is 0.153 e. The summed E-state index contributed by atoms with van der Waals surface area (Å²) in [4.78, 5) is 6.62. The Morgan fingerprint density at radius 2 is 1.25 bits per heavy atom. The van der Waals surface area contributed by atoms with Gasteiger partial charge in [0.1, 0.15) is 5.58 Å². The highest BCUT2D eigenvalue weighted by atomic mass is 16.3. The van der Waals surface area contributed by atoms with Crippen molar-refractivity contribution in [2.45, 2.75) is 0 Å². The Kier molecular flexibility index (Phi) is 5.14. The lowest BCUT2D eigenvalue weighted by atomic mass is 10.0. The molecule has 0 amide bonds. The molecule has 0 unspecified atom stereocenters. The third-order valence-electron chi connectivity index (χ3n) is 7.74. The first kappa shape index (κ1) is 22.6. The van der Waals surface area contributed by atoms with Crippen molar-refractivity contribution >= 4 is 60.5 Å². The number of anilines is 3. The molecule has 0 atom stereocenters. The maximum absolute atomic E-state index is 6.22. The van der Waals surface area contributed by atoms with Crippen LogP contribution in [0, 0.1) is 0 Å². The predicted molar refractivity (Wildman–Crippen MR) is 167 cm³/mol. The quantitative estimate of drug-likeness (QED) is 0.220. The topological polar surface area (TPSA) is 29.3 Å². The Hall–Kier alpha value is -5.41. The average Bonchev–Trinajstić information content (AvgIpc) is 3.41. The fourth-order valence-electron chi connectivity index (χ4n) is 5.85. The molecule has 2 heterocycles. The van der Waals surface area contributed by atoms with Gasteiger partial charge in [0.25, 0.3) is 0 Å². The molecule has 0 saturated heterocycles. The molecule has 0 fully saturated rings. The minimum atomic E-state index is 0.786. The van der Waals surface area contributed by atoms with Crippen LogP contribution in [0.25, 0.3) is 54.6 Å². The molecule has 8 rings (SSSR count). The van der Waals surface area contributed by atoms with Gasteiger partial charge in [-0.3, -0.25) is 4.98 Å². The van der Waals surface area contributed by atoms with Crippen molar-refractivity contribution in [3.63, 3.8) is 0 Å². The standard InChI is InChI=1S/C37H24N2O/c1-2-7-25(8-3-1)26-15-17-29(18-16-26)39(34-11-6-12-35-37(34)33-21-22-38-24-36(33)40-35)30-19-20-32-28(23-30)14-13-27-9-4-5-10-31(27)32/h1-24H. The second-order valence-electron chi connectivity index (χ2n) is 10.1. The number of nitrogens with zero attached hydrogens (tertiary/aromatic N) is 2. The molecule has 0 bridgehead atoms. The van der Waals surface area contributed by atoms with E-state index >= 15 is 0 Å². The zero-order valence-corrected chi connectivity index (χ0v) is 21.7. The number of furan rings is 1. The van der Waals surface area contributed by atoms with E-state index in [0.29, 0.717) is 0 Å². The van der Waals surface area contributed by atoms with Crippen molar-refractivity contribution in [2.24, 2.45) is 0 Å². The fourth-order valence-corrected chi connectivity index (χ4v) is 5.85. The van der Waals surface area contributed by atoms with E-state index in [2.05, 4.69) is 125 Å². The first-order valence-electron chi connectivity index (χ1n) is 13.5. The minimum Gasteiger partial charge on any atom is -0.454 e. The van der Waals surface area contributed by atoms with Crippen LogP contribution in [0.3, 0.4) is 0 Å². The molecule has 3 heteroatoms. The molecule has 8 aromatic rings. The zero-order valence-electron chi connectivity index (χ0n) is 21.7. The Morgan fingerprint density at radius 1 is 0.500 bits per heavy atom. The maximum Gasteiger partial charge on any atom is 0.153 e. The molecule has 188 valence electrons. The molecule has 40 heavy (non-hydrogen) atoms. The third kappa shape index (κ3) is 3.63. The van der Waals surface area contributed by atoms with E-state index in [9.17, 15) is 0 Å². The normalized spacial score (nSPS) is 11.5. The molecule has 0 N–H and O–H groups in total. The minimum absolute atomic E-state index is 0.786. The summed E-state index contributed by atoms with van der Waals surface area (Å²) >= 11 is 0. The van der Waals surface area contributed by atoms with Crippen LogP contribution in [-0.4, -0.2) is 4.98 Å². The fraction of sp³-hybridized carbons (Fsp3) is 0. The van der Waals surface area contributed by atoms with Crippen LogP contribution in [0.4, 0.5) is 17.1 Å². The lowest BCUT2D eigenvalue weighted by Gasteiger charge is -2.27. The van der Waals surface area contributed by atoms with Gasteiger partial charge in [-0.05, 0) is 75.1 Å². The first-order valence-corrected chi connectivity index (χ1v) is 13.5. The van der Waals surface area contributed by atoms with Crippen LogP contribution in [0.2, 0.25) is 0 Å². The van der Waals surface area contributed by atoms with Crippen LogP contribution in [-0.2, 0) is 0 Å². The second-order valence-corrected chi connectivity index (χ2v) is 10.1. The molecule has 2 aromatic heterocycles. The molecule has 0 aliphatic heterocycles. The number of pyridine rings is 1. The predicted octanol–water partition coefficient (Wildman–Crippen LogP) is 10.4. The highest BCUT2D eigenvalue weighted by Gasteiger charge is 2.20. The Balaban J connectivity index is 1.36. The summed E-state index contributed by atoms with van der Waals surface area (Å²) in [5, 5.41) is 7.10. The lowest BCUT2D eigenvalue weighted by molar-refractivity contribution is 0.667. The maximum atomic E-state index is 6.22. The molecular weight excluding hydrogens is 488 g/mol. The van der Waals surface area contributed by atoms with E-state index in [-0.39, 0.29) is 0 Å². The van der Waals surface area contributed by atoms with E-state index in [0.717, 1.165) is 39.0 Å². The van der Waals surface area contributed by atoms with E-state index in [1.807, 2.05) is 24.4 Å². The molecule has 0 saturated carbocycles. The van der Waals surface area contributed by atoms with Gasteiger partial charge in [0.05, 0.1) is 17.3 Å². The summed E-state index contributed by atoms with van der Waals surface area (Å²) in [5.74, 6) is 0. The summed E-state index contributed by atoms with van der Waals surface area (Å²) in [7, 11) is 0. The van der Waals surface area contributed by atoms with Crippen LogP contribution >= 0.6 is 0 Å². The van der Waals surface area contributed by atoms with Crippen molar-refractivity contribution in [1.82, 2.24) is 4.98 Å². The molecule has 0 aliphatic carbocycles. The number of aromatic nitrogens is 1. The highest BCUT2D eigenvalue weighted by molar-refractivity contribution is 6.14. The number of benzene rings is 6. The van der Waals surface area contributed by atoms with E-state index < -0.39 is 0 Å². The van der Waals surface area contributed by atoms with Gasteiger partial charge in [0.2, 0.25) is 0 Å². The molecule has 0 radical (unpaired) electrons. The van der Waals surface area contributed by atoms with Gasteiger partial charge in [-0.15, -0.1) is 0 Å². The number of hydrogen-bond acceptors (Lipinski definition) is 3. The Labute approximate surface area is 231 Å². The van der Waals surface area contributed by atoms with Crippen molar-refractivity contribution in [1.29, 1.82) is 0 Å². The van der Waals surface area contributed by atoms with Crippen molar-refractivity contribution < 1.29 is 4.42 Å². The van der Waals surface area contributed by atoms with Crippen molar-refractivity contribution in [3.05, 3.63) is 146 Å². The number of rotatable bonds is 4. The summed E-state index contributed by atoms with van der Waals surface area (Å²) in [5.41, 5.74) is 7.25. The summed E-state index contributed by atoms with van der Waals surface area (Å²) in [6, 6.07) is 47.4. The van der Waals surface area contributed by atoms with Crippen molar-refractivity contribution in [3.8, 4) is 11.1 Å². The van der Waals surface area contributed by atoms with E-state index in [4.69, 9.17) is 4.42 Å². The third-order valence-corrected chi connectivity index (χ3v) is 7.74.